The highest BCUT2D eigenvalue weighted by atomic mass is 32.2. The van der Waals surface area contributed by atoms with Crippen LogP contribution < -0.4 is 11.1 Å². The van der Waals surface area contributed by atoms with E-state index < -0.39 is 12.0 Å². The first-order valence-corrected chi connectivity index (χ1v) is 5.72. The third kappa shape index (κ3) is 3.81. The van der Waals surface area contributed by atoms with Crippen LogP contribution in [-0.2, 0) is 4.79 Å². The Balaban J connectivity index is 2.47. The second-order valence-corrected chi connectivity index (χ2v) is 3.93. The largest absolute Gasteiger partial charge is 0.480 e. The number of carbonyl (C=O) groups is 1. The highest BCUT2D eigenvalue weighted by Gasteiger charge is 2.09. The minimum Gasteiger partial charge on any atom is -0.480 e. The van der Waals surface area contributed by atoms with E-state index in [-0.39, 0.29) is 6.54 Å². The molecule has 4 nitrogen and oxygen atoms in total. The molecule has 0 fully saturated rings. The van der Waals surface area contributed by atoms with Crippen LogP contribution in [0.5, 0.6) is 0 Å². The third-order valence-electron chi connectivity index (χ3n) is 1.93. The van der Waals surface area contributed by atoms with Gasteiger partial charge < -0.3 is 16.2 Å². The second-order valence-electron chi connectivity index (χ2n) is 3.05. The zero-order valence-corrected chi connectivity index (χ0v) is 9.25. The molecule has 0 saturated carbocycles. The number of aliphatic carboxylic acids is 1. The van der Waals surface area contributed by atoms with Crippen molar-refractivity contribution in [3.05, 3.63) is 24.3 Å². The molecule has 5 heteroatoms. The van der Waals surface area contributed by atoms with Gasteiger partial charge in [-0.25, -0.2) is 0 Å². The van der Waals surface area contributed by atoms with E-state index in [1.165, 1.54) is 4.90 Å². The summed E-state index contributed by atoms with van der Waals surface area (Å²) in [5.41, 5.74) is 6.23. The SMILES string of the molecule is CSc1ccc(NCC(N)C(=O)O)cc1. The number of rotatable bonds is 5. The highest BCUT2D eigenvalue weighted by Crippen LogP contribution is 2.17. The first-order valence-electron chi connectivity index (χ1n) is 4.50. The topological polar surface area (TPSA) is 75.3 Å². The highest BCUT2D eigenvalue weighted by molar-refractivity contribution is 7.98. The standard InChI is InChI=1S/C10H14N2O2S/c1-15-8-4-2-7(3-5-8)12-6-9(11)10(13)14/h2-5,9,12H,6,11H2,1H3,(H,13,14). The molecule has 0 aliphatic carbocycles. The van der Waals surface area contributed by atoms with Crippen molar-refractivity contribution in [2.24, 2.45) is 5.73 Å². The lowest BCUT2D eigenvalue weighted by Gasteiger charge is -2.09. The summed E-state index contributed by atoms with van der Waals surface area (Å²) in [5.74, 6) is -0.997. The molecule has 15 heavy (non-hydrogen) atoms. The van der Waals surface area contributed by atoms with E-state index in [1.807, 2.05) is 30.5 Å². The van der Waals surface area contributed by atoms with Crippen molar-refractivity contribution in [1.82, 2.24) is 0 Å². The molecule has 4 N–H and O–H groups in total. The fourth-order valence-corrected chi connectivity index (χ4v) is 1.43. The van der Waals surface area contributed by atoms with Gasteiger partial charge in [0.05, 0.1) is 0 Å². The molecule has 1 aromatic rings. The number of thioether (sulfide) groups is 1. The predicted octanol–water partition coefficient (Wildman–Crippen LogP) is 1.23. The summed E-state index contributed by atoms with van der Waals surface area (Å²) < 4.78 is 0. The lowest BCUT2D eigenvalue weighted by Crippen LogP contribution is -2.36. The van der Waals surface area contributed by atoms with Crippen molar-refractivity contribution in [3.8, 4) is 0 Å². The summed E-state index contributed by atoms with van der Waals surface area (Å²) in [4.78, 5) is 11.6. The first kappa shape index (κ1) is 11.9. The Morgan fingerprint density at radius 2 is 2.13 bits per heavy atom. The van der Waals surface area contributed by atoms with Gasteiger partial charge in [-0.15, -0.1) is 11.8 Å². The summed E-state index contributed by atoms with van der Waals surface area (Å²) in [6.07, 6.45) is 2.00. The van der Waals surface area contributed by atoms with E-state index in [0.29, 0.717) is 0 Å². The lowest BCUT2D eigenvalue weighted by atomic mass is 10.3. The quantitative estimate of drug-likeness (QED) is 0.658. The van der Waals surface area contributed by atoms with Gasteiger partial charge in [-0.1, -0.05) is 0 Å². The van der Waals surface area contributed by atoms with Crippen molar-refractivity contribution in [2.75, 3.05) is 18.1 Å². The zero-order chi connectivity index (χ0) is 11.3. The van der Waals surface area contributed by atoms with Crippen molar-refractivity contribution in [2.45, 2.75) is 10.9 Å². The zero-order valence-electron chi connectivity index (χ0n) is 8.43. The Morgan fingerprint density at radius 1 is 1.53 bits per heavy atom. The first-order chi connectivity index (χ1) is 7.13. The van der Waals surface area contributed by atoms with Crippen LogP contribution in [0.25, 0.3) is 0 Å². The smallest absolute Gasteiger partial charge is 0.322 e. The molecule has 1 rings (SSSR count). The van der Waals surface area contributed by atoms with E-state index in [1.54, 1.807) is 11.8 Å². The Morgan fingerprint density at radius 3 is 2.60 bits per heavy atom. The molecule has 0 aliphatic rings. The van der Waals surface area contributed by atoms with E-state index in [2.05, 4.69) is 5.32 Å². The third-order valence-corrected chi connectivity index (χ3v) is 2.68. The molecule has 1 unspecified atom stereocenters. The van der Waals surface area contributed by atoms with Gasteiger partial charge in [-0.05, 0) is 30.5 Å². The summed E-state index contributed by atoms with van der Waals surface area (Å²) in [6, 6.07) is 6.88. The maximum absolute atomic E-state index is 10.5. The van der Waals surface area contributed by atoms with Crippen LogP contribution in [0.4, 0.5) is 5.69 Å². The number of benzene rings is 1. The van der Waals surface area contributed by atoms with Crippen LogP contribution in [0.2, 0.25) is 0 Å². The number of nitrogens with one attached hydrogen (secondary N) is 1. The van der Waals surface area contributed by atoms with Gasteiger partial charge in [-0.3, -0.25) is 4.79 Å². The van der Waals surface area contributed by atoms with Gasteiger partial charge >= 0.3 is 5.97 Å². The molecule has 0 amide bonds. The molecule has 1 atom stereocenters. The molecule has 0 radical (unpaired) electrons. The molecule has 0 saturated heterocycles. The van der Waals surface area contributed by atoms with E-state index in [4.69, 9.17) is 10.8 Å². The van der Waals surface area contributed by atoms with Gasteiger partial charge in [0.1, 0.15) is 6.04 Å². The molecule has 0 aromatic heterocycles. The van der Waals surface area contributed by atoms with Crippen LogP contribution in [0, 0.1) is 0 Å². The minimum atomic E-state index is -0.997. The van der Waals surface area contributed by atoms with Gasteiger partial charge in [0.2, 0.25) is 0 Å². The van der Waals surface area contributed by atoms with Crippen LogP contribution in [0.1, 0.15) is 0 Å². The molecule has 0 heterocycles. The van der Waals surface area contributed by atoms with Crippen LogP contribution >= 0.6 is 11.8 Å². The van der Waals surface area contributed by atoms with Gasteiger partial charge in [-0.2, -0.15) is 0 Å². The maximum Gasteiger partial charge on any atom is 0.322 e. The van der Waals surface area contributed by atoms with Crippen LogP contribution in [0.3, 0.4) is 0 Å². The van der Waals surface area contributed by atoms with Gasteiger partial charge in [0, 0.05) is 17.1 Å². The molecule has 0 bridgehead atoms. The molecular formula is C10H14N2O2S. The van der Waals surface area contributed by atoms with Crippen LogP contribution in [-0.4, -0.2) is 29.9 Å². The lowest BCUT2D eigenvalue weighted by molar-refractivity contribution is -0.138. The number of hydrogen-bond donors (Lipinski definition) is 3. The molecule has 0 aliphatic heterocycles. The molecular weight excluding hydrogens is 212 g/mol. The predicted molar refractivity (Wildman–Crippen MR) is 62.3 cm³/mol. The second kappa shape index (κ2) is 5.63. The fourth-order valence-electron chi connectivity index (χ4n) is 1.02. The summed E-state index contributed by atoms with van der Waals surface area (Å²) in [7, 11) is 0. The van der Waals surface area contributed by atoms with Crippen molar-refractivity contribution in [3.63, 3.8) is 0 Å². The monoisotopic (exact) mass is 226 g/mol. The number of nitrogens with two attached hydrogens (primary N) is 1. The summed E-state index contributed by atoms with van der Waals surface area (Å²) >= 11 is 1.66. The Kier molecular flexibility index (Phi) is 4.45. The summed E-state index contributed by atoms with van der Waals surface area (Å²) in [6.45, 7) is 0.230. The van der Waals surface area contributed by atoms with E-state index >= 15 is 0 Å². The molecule has 82 valence electrons. The minimum absolute atomic E-state index is 0.230. The maximum atomic E-state index is 10.5. The number of hydrogen-bond acceptors (Lipinski definition) is 4. The Hall–Kier alpha value is -1.20. The van der Waals surface area contributed by atoms with Crippen LogP contribution in [0.15, 0.2) is 29.2 Å². The molecule has 1 aromatic carbocycles. The average Bonchev–Trinajstić information content (AvgIpc) is 2.26. The van der Waals surface area contributed by atoms with Gasteiger partial charge in [0.25, 0.3) is 0 Å². The summed E-state index contributed by atoms with van der Waals surface area (Å²) in [5, 5.41) is 11.5. The van der Waals surface area contributed by atoms with E-state index in [0.717, 1.165) is 5.69 Å². The average molecular weight is 226 g/mol. The normalized spacial score (nSPS) is 12.1. The van der Waals surface area contributed by atoms with Gasteiger partial charge in [0.15, 0.2) is 0 Å². The van der Waals surface area contributed by atoms with Crippen molar-refractivity contribution in [1.29, 1.82) is 0 Å². The Bertz CT molecular complexity index is 327. The van der Waals surface area contributed by atoms with Crippen molar-refractivity contribution >= 4 is 23.4 Å². The van der Waals surface area contributed by atoms with E-state index in [9.17, 15) is 4.79 Å². The molecule has 0 spiro atoms. The Labute approximate surface area is 92.9 Å². The number of carboxylic acids is 1. The number of anilines is 1. The fraction of sp³-hybridized carbons (Fsp3) is 0.300. The number of carboxylic acid groups (broad SMARTS) is 1. The van der Waals surface area contributed by atoms with Crippen molar-refractivity contribution < 1.29 is 9.90 Å².